The summed E-state index contributed by atoms with van der Waals surface area (Å²) >= 11 is 0. The highest BCUT2D eigenvalue weighted by molar-refractivity contribution is 5.42. The Balaban J connectivity index is 2.14. The molecule has 0 aliphatic carbocycles. The summed E-state index contributed by atoms with van der Waals surface area (Å²) in [6.07, 6.45) is 0.706. The van der Waals surface area contributed by atoms with E-state index in [4.69, 9.17) is 19.7 Å². The van der Waals surface area contributed by atoms with Gasteiger partial charge in [0.25, 0.3) is 0 Å². The van der Waals surface area contributed by atoms with Crippen molar-refractivity contribution in [1.29, 1.82) is 0 Å². The third kappa shape index (κ3) is 3.27. The number of benzene rings is 1. The Morgan fingerprint density at radius 2 is 2.20 bits per heavy atom. The maximum atomic E-state index is 5.93. The van der Waals surface area contributed by atoms with Crippen molar-refractivity contribution >= 4 is 0 Å². The zero-order chi connectivity index (χ0) is 14.5. The van der Waals surface area contributed by atoms with Crippen LogP contribution in [0.15, 0.2) is 22.7 Å². The van der Waals surface area contributed by atoms with E-state index in [-0.39, 0.29) is 12.6 Å². The molecule has 108 valence electrons. The summed E-state index contributed by atoms with van der Waals surface area (Å²) in [5.74, 6) is 2.50. The Morgan fingerprint density at radius 1 is 1.40 bits per heavy atom. The van der Waals surface area contributed by atoms with Crippen LogP contribution >= 0.6 is 0 Å². The normalized spacial score (nSPS) is 12.2. The second-order valence-electron chi connectivity index (χ2n) is 4.44. The van der Waals surface area contributed by atoms with Crippen molar-refractivity contribution in [2.24, 2.45) is 5.73 Å². The third-order valence-corrected chi connectivity index (χ3v) is 2.88. The van der Waals surface area contributed by atoms with E-state index in [1.54, 1.807) is 13.2 Å². The van der Waals surface area contributed by atoms with Crippen molar-refractivity contribution in [3.8, 4) is 11.5 Å². The van der Waals surface area contributed by atoms with Gasteiger partial charge in [-0.25, -0.2) is 0 Å². The van der Waals surface area contributed by atoms with E-state index in [2.05, 4.69) is 10.1 Å². The minimum absolute atomic E-state index is 0.132. The van der Waals surface area contributed by atoms with Crippen LogP contribution < -0.4 is 15.2 Å². The average molecular weight is 277 g/mol. The average Bonchev–Trinajstić information content (AvgIpc) is 2.92. The van der Waals surface area contributed by atoms with Gasteiger partial charge in [0.1, 0.15) is 11.5 Å². The Hall–Kier alpha value is -2.08. The molecule has 1 aromatic heterocycles. The van der Waals surface area contributed by atoms with Gasteiger partial charge in [0.05, 0.1) is 7.11 Å². The smallest absolute Gasteiger partial charge is 0.226 e. The number of hydrogen-bond donors (Lipinski definition) is 1. The minimum atomic E-state index is -0.132. The largest absolute Gasteiger partial charge is 0.497 e. The molecule has 1 atom stereocenters. The fourth-order valence-corrected chi connectivity index (χ4v) is 1.78. The predicted octanol–water partition coefficient (Wildman–Crippen LogP) is 2.24. The molecule has 2 N–H and O–H groups in total. The van der Waals surface area contributed by atoms with E-state index in [9.17, 15) is 0 Å². The van der Waals surface area contributed by atoms with Crippen molar-refractivity contribution in [3.05, 3.63) is 35.5 Å². The molecule has 0 unspecified atom stereocenters. The van der Waals surface area contributed by atoms with E-state index in [1.165, 1.54) is 0 Å². The lowest BCUT2D eigenvalue weighted by molar-refractivity contribution is 0.279. The quantitative estimate of drug-likeness (QED) is 0.871. The first-order valence-electron chi connectivity index (χ1n) is 6.51. The van der Waals surface area contributed by atoms with Gasteiger partial charge in [-0.2, -0.15) is 4.98 Å². The molecule has 0 aliphatic rings. The van der Waals surface area contributed by atoms with Crippen molar-refractivity contribution in [1.82, 2.24) is 10.1 Å². The molecule has 1 aromatic carbocycles. The monoisotopic (exact) mass is 277 g/mol. The van der Waals surface area contributed by atoms with Gasteiger partial charge in [0.15, 0.2) is 6.61 Å². The molecule has 2 rings (SSSR count). The zero-order valence-corrected chi connectivity index (χ0v) is 11.9. The number of ether oxygens (including phenoxy) is 2. The summed E-state index contributed by atoms with van der Waals surface area (Å²) in [7, 11) is 1.61. The first-order chi connectivity index (χ1) is 9.63. The first kappa shape index (κ1) is 14.3. The lowest BCUT2D eigenvalue weighted by Gasteiger charge is -2.14. The topological polar surface area (TPSA) is 83.4 Å². The van der Waals surface area contributed by atoms with Gasteiger partial charge in [-0.1, -0.05) is 18.1 Å². The molecule has 0 saturated heterocycles. The van der Waals surface area contributed by atoms with Gasteiger partial charge in [-0.15, -0.1) is 0 Å². The summed E-state index contributed by atoms with van der Waals surface area (Å²) in [5.41, 5.74) is 6.84. The van der Waals surface area contributed by atoms with Gasteiger partial charge in [-0.05, 0) is 13.0 Å². The Morgan fingerprint density at radius 3 is 2.80 bits per heavy atom. The standard InChI is InChI=1S/C14H19N3O3/c1-4-14-16-13(17-20-14)8-19-12-7-10(18-3)5-6-11(12)9(2)15/h5-7,9H,4,8,15H2,1-3H3/t9-/m1/s1. The van der Waals surface area contributed by atoms with E-state index >= 15 is 0 Å². The van der Waals surface area contributed by atoms with Crippen LogP contribution in [-0.4, -0.2) is 17.3 Å². The van der Waals surface area contributed by atoms with Crippen LogP contribution in [0.2, 0.25) is 0 Å². The van der Waals surface area contributed by atoms with E-state index in [1.807, 2.05) is 26.0 Å². The molecule has 20 heavy (non-hydrogen) atoms. The molecule has 0 fully saturated rings. The summed E-state index contributed by atoms with van der Waals surface area (Å²) in [6, 6.07) is 5.42. The second-order valence-corrected chi connectivity index (χ2v) is 4.44. The van der Waals surface area contributed by atoms with Crippen LogP contribution in [-0.2, 0) is 13.0 Å². The third-order valence-electron chi connectivity index (χ3n) is 2.88. The fourth-order valence-electron chi connectivity index (χ4n) is 1.78. The molecule has 6 nitrogen and oxygen atoms in total. The molecular weight excluding hydrogens is 258 g/mol. The molecule has 0 radical (unpaired) electrons. The first-order valence-corrected chi connectivity index (χ1v) is 6.51. The summed E-state index contributed by atoms with van der Waals surface area (Å²) in [5, 5.41) is 3.85. The van der Waals surface area contributed by atoms with Crippen molar-refractivity contribution in [3.63, 3.8) is 0 Å². The Labute approximate surface area is 117 Å². The van der Waals surface area contributed by atoms with Crippen LogP contribution in [0.25, 0.3) is 0 Å². The molecule has 0 bridgehead atoms. The lowest BCUT2D eigenvalue weighted by atomic mass is 10.1. The van der Waals surface area contributed by atoms with Gasteiger partial charge in [0, 0.05) is 24.1 Å². The van der Waals surface area contributed by atoms with Crippen LogP contribution in [0.5, 0.6) is 11.5 Å². The number of nitrogens with two attached hydrogens (primary N) is 1. The number of methoxy groups -OCH3 is 1. The van der Waals surface area contributed by atoms with E-state index in [0.29, 0.717) is 29.6 Å². The fraction of sp³-hybridized carbons (Fsp3) is 0.429. The van der Waals surface area contributed by atoms with Gasteiger partial charge < -0.3 is 19.7 Å². The molecule has 0 spiro atoms. The van der Waals surface area contributed by atoms with Crippen molar-refractivity contribution in [2.75, 3.05) is 7.11 Å². The number of aryl methyl sites for hydroxylation is 1. The summed E-state index contributed by atoms with van der Waals surface area (Å²) in [6.45, 7) is 4.09. The van der Waals surface area contributed by atoms with Crippen LogP contribution in [0.1, 0.15) is 37.2 Å². The minimum Gasteiger partial charge on any atom is -0.497 e. The number of aromatic nitrogens is 2. The predicted molar refractivity (Wildman–Crippen MR) is 73.6 cm³/mol. The van der Waals surface area contributed by atoms with Crippen LogP contribution in [0.4, 0.5) is 0 Å². The van der Waals surface area contributed by atoms with Crippen LogP contribution in [0, 0.1) is 0 Å². The number of rotatable bonds is 6. The number of nitrogens with zero attached hydrogens (tertiary/aromatic N) is 2. The SMILES string of the molecule is CCc1nc(COc2cc(OC)ccc2[C@@H](C)N)no1. The molecule has 6 heteroatoms. The second kappa shape index (κ2) is 6.38. The van der Waals surface area contributed by atoms with Crippen molar-refractivity contribution < 1.29 is 14.0 Å². The highest BCUT2D eigenvalue weighted by atomic mass is 16.5. The zero-order valence-electron chi connectivity index (χ0n) is 11.9. The molecule has 0 saturated carbocycles. The van der Waals surface area contributed by atoms with E-state index in [0.717, 1.165) is 5.56 Å². The van der Waals surface area contributed by atoms with Gasteiger partial charge >= 0.3 is 0 Å². The highest BCUT2D eigenvalue weighted by Gasteiger charge is 2.12. The summed E-state index contributed by atoms with van der Waals surface area (Å²) < 4.78 is 16.0. The maximum Gasteiger partial charge on any atom is 0.226 e. The molecule has 1 heterocycles. The molecule has 2 aromatic rings. The summed E-state index contributed by atoms with van der Waals surface area (Å²) in [4.78, 5) is 4.20. The Kier molecular flexibility index (Phi) is 4.57. The maximum absolute atomic E-state index is 5.93. The van der Waals surface area contributed by atoms with Gasteiger partial charge in [0.2, 0.25) is 11.7 Å². The lowest BCUT2D eigenvalue weighted by Crippen LogP contribution is -2.08. The number of hydrogen-bond acceptors (Lipinski definition) is 6. The van der Waals surface area contributed by atoms with Crippen LogP contribution in [0.3, 0.4) is 0 Å². The van der Waals surface area contributed by atoms with E-state index < -0.39 is 0 Å². The van der Waals surface area contributed by atoms with Gasteiger partial charge in [-0.3, -0.25) is 0 Å². The molecular formula is C14H19N3O3. The molecule has 0 aliphatic heterocycles. The Bertz CT molecular complexity index is 567. The highest BCUT2D eigenvalue weighted by Crippen LogP contribution is 2.29. The molecule has 0 amide bonds. The van der Waals surface area contributed by atoms with Crippen molar-refractivity contribution in [2.45, 2.75) is 32.9 Å².